The molecule has 2 atom stereocenters. The van der Waals surface area contributed by atoms with Gasteiger partial charge in [-0.1, -0.05) is 25.5 Å². The average Bonchev–Trinajstić information content (AvgIpc) is 2.36. The summed E-state index contributed by atoms with van der Waals surface area (Å²) in [6.07, 6.45) is 2.03. The molecule has 4 heteroatoms. The Morgan fingerprint density at radius 1 is 1.37 bits per heavy atom. The molecule has 0 saturated carbocycles. The molecule has 1 unspecified atom stereocenters. The van der Waals surface area contributed by atoms with Gasteiger partial charge in [0.15, 0.2) is 0 Å². The van der Waals surface area contributed by atoms with Crippen molar-refractivity contribution in [3.63, 3.8) is 0 Å². The normalized spacial score (nSPS) is 13.9. The fourth-order valence-corrected chi connectivity index (χ4v) is 1.97. The lowest BCUT2D eigenvalue weighted by Crippen LogP contribution is -2.39. The van der Waals surface area contributed by atoms with Crippen LogP contribution in [0, 0.1) is 5.82 Å². The van der Waals surface area contributed by atoms with E-state index in [1.807, 2.05) is 19.9 Å². The van der Waals surface area contributed by atoms with E-state index in [1.165, 1.54) is 12.1 Å². The molecule has 0 saturated heterocycles. The minimum Gasteiger partial charge on any atom is -0.353 e. The molecule has 0 aromatic heterocycles. The number of halogens is 1. The van der Waals surface area contributed by atoms with Crippen LogP contribution in [0.4, 0.5) is 4.39 Å². The van der Waals surface area contributed by atoms with Gasteiger partial charge in [-0.15, -0.1) is 0 Å². The van der Waals surface area contributed by atoms with E-state index >= 15 is 0 Å². The summed E-state index contributed by atoms with van der Waals surface area (Å²) in [4.78, 5) is 11.7. The highest BCUT2D eigenvalue weighted by Gasteiger charge is 2.10. The highest BCUT2D eigenvalue weighted by molar-refractivity contribution is 5.78. The molecule has 0 aliphatic rings. The fourth-order valence-electron chi connectivity index (χ4n) is 1.97. The summed E-state index contributed by atoms with van der Waals surface area (Å²) in [6.45, 7) is 6.24. The molecule has 1 rings (SSSR count). The Morgan fingerprint density at radius 2 is 2.11 bits per heavy atom. The van der Waals surface area contributed by atoms with E-state index < -0.39 is 0 Å². The molecule has 2 N–H and O–H groups in total. The summed E-state index contributed by atoms with van der Waals surface area (Å²) < 4.78 is 13.1. The van der Waals surface area contributed by atoms with Gasteiger partial charge in [0.25, 0.3) is 0 Å². The van der Waals surface area contributed by atoms with E-state index in [0.29, 0.717) is 0 Å². The first-order chi connectivity index (χ1) is 9.02. The number of hydrogen-bond donors (Lipinski definition) is 2. The lowest BCUT2D eigenvalue weighted by atomic mass is 10.1. The zero-order chi connectivity index (χ0) is 14.3. The second-order valence-electron chi connectivity index (χ2n) is 4.91. The van der Waals surface area contributed by atoms with Crippen LogP contribution in [0.5, 0.6) is 0 Å². The Labute approximate surface area is 114 Å². The van der Waals surface area contributed by atoms with E-state index in [-0.39, 0.29) is 30.4 Å². The van der Waals surface area contributed by atoms with Crippen LogP contribution in [-0.4, -0.2) is 18.5 Å². The minimum absolute atomic E-state index is 0.0239. The first-order valence-electron chi connectivity index (χ1n) is 6.81. The number of benzene rings is 1. The first-order valence-corrected chi connectivity index (χ1v) is 6.81. The average molecular weight is 266 g/mol. The molecule has 1 amide bonds. The molecular formula is C15H23FN2O. The van der Waals surface area contributed by atoms with Gasteiger partial charge in [-0.3, -0.25) is 4.79 Å². The Kier molecular flexibility index (Phi) is 6.50. The van der Waals surface area contributed by atoms with Crippen molar-refractivity contribution in [3.05, 3.63) is 35.6 Å². The first kappa shape index (κ1) is 15.6. The summed E-state index contributed by atoms with van der Waals surface area (Å²) in [5.41, 5.74) is 0.842. The third-order valence-corrected chi connectivity index (χ3v) is 3.05. The predicted molar refractivity (Wildman–Crippen MR) is 75.3 cm³/mol. The van der Waals surface area contributed by atoms with Crippen LogP contribution in [0.25, 0.3) is 0 Å². The number of nitrogens with one attached hydrogen (secondary N) is 2. The summed E-state index contributed by atoms with van der Waals surface area (Å²) in [5, 5.41) is 6.02. The molecule has 106 valence electrons. The van der Waals surface area contributed by atoms with Gasteiger partial charge in [0.2, 0.25) is 5.91 Å². The molecule has 0 aliphatic carbocycles. The Hall–Kier alpha value is -1.42. The SMILES string of the molecule is CCCC(C)NC(=O)CN[C@H](C)c1cccc(F)c1. The second-order valence-corrected chi connectivity index (χ2v) is 4.91. The van der Waals surface area contributed by atoms with Crippen molar-refractivity contribution in [2.45, 2.75) is 45.7 Å². The summed E-state index contributed by atoms with van der Waals surface area (Å²) in [7, 11) is 0. The highest BCUT2D eigenvalue weighted by atomic mass is 19.1. The molecule has 1 aromatic carbocycles. The van der Waals surface area contributed by atoms with Gasteiger partial charge in [0.1, 0.15) is 5.82 Å². The molecular weight excluding hydrogens is 243 g/mol. The molecule has 0 aliphatic heterocycles. The van der Waals surface area contributed by atoms with E-state index in [2.05, 4.69) is 17.6 Å². The maximum atomic E-state index is 13.1. The van der Waals surface area contributed by atoms with Crippen LogP contribution in [0.3, 0.4) is 0 Å². The molecule has 3 nitrogen and oxygen atoms in total. The maximum absolute atomic E-state index is 13.1. The number of carbonyl (C=O) groups is 1. The molecule has 0 radical (unpaired) electrons. The van der Waals surface area contributed by atoms with Gasteiger partial charge in [-0.25, -0.2) is 4.39 Å². The van der Waals surface area contributed by atoms with Gasteiger partial charge in [-0.2, -0.15) is 0 Å². The van der Waals surface area contributed by atoms with Crippen LogP contribution >= 0.6 is 0 Å². The van der Waals surface area contributed by atoms with Crippen LogP contribution in [0.1, 0.15) is 45.2 Å². The summed E-state index contributed by atoms with van der Waals surface area (Å²) in [5.74, 6) is -0.281. The Balaban J connectivity index is 2.37. The summed E-state index contributed by atoms with van der Waals surface area (Å²) in [6, 6.07) is 6.56. The molecule has 0 fully saturated rings. The van der Waals surface area contributed by atoms with Gasteiger partial charge in [0.05, 0.1) is 6.54 Å². The smallest absolute Gasteiger partial charge is 0.234 e. The van der Waals surface area contributed by atoms with Gasteiger partial charge >= 0.3 is 0 Å². The molecule has 19 heavy (non-hydrogen) atoms. The lowest BCUT2D eigenvalue weighted by molar-refractivity contribution is -0.121. The van der Waals surface area contributed by atoms with Crippen molar-refractivity contribution in [3.8, 4) is 0 Å². The van der Waals surface area contributed by atoms with Crippen molar-refractivity contribution in [1.29, 1.82) is 0 Å². The maximum Gasteiger partial charge on any atom is 0.234 e. The van der Waals surface area contributed by atoms with Crippen LogP contribution in [-0.2, 0) is 4.79 Å². The van der Waals surface area contributed by atoms with Crippen molar-refractivity contribution in [1.82, 2.24) is 10.6 Å². The third-order valence-electron chi connectivity index (χ3n) is 3.05. The summed E-state index contributed by atoms with van der Waals surface area (Å²) >= 11 is 0. The van der Waals surface area contributed by atoms with E-state index in [4.69, 9.17) is 0 Å². The number of hydrogen-bond acceptors (Lipinski definition) is 2. The zero-order valence-electron chi connectivity index (χ0n) is 11.9. The zero-order valence-corrected chi connectivity index (χ0v) is 11.9. The minimum atomic E-state index is -0.257. The molecule has 0 spiro atoms. The van der Waals surface area contributed by atoms with Crippen LogP contribution in [0.15, 0.2) is 24.3 Å². The lowest BCUT2D eigenvalue weighted by Gasteiger charge is -2.16. The number of carbonyl (C=O) groups excluding carboxylic acids is 1. The van der Waals surface area contributed by atoms with E-state index in [0.717, 1.165) is 18.4 Å². The topological polar surface area (TPSA) is 41.1 Å². The van der Waals surface area contributed by atoms with E-state index in [9.17, 15) is 9.18 Å². The van der Waals surface area contributed by atoms with Gasteiger partial charge in [0, 0.05) is 12.1 Å². The van der Waals surface area contributed by atoms with Gasteiger partial charge < -0.3 is 10.6 Å². The molecule has 0 heterocycles. The van der Waals surface area contributed by atoms with Crippen molar-refractivity contribution in [2.24, 2.45) is 0 Å². The molecule has 0 bridgehead atoms. The predicted octanol–water partition coefficient (Wildman–Crippen LogP) is 2.78. The molecule has 1 aromatic rings. The number of amides is 1. The Bertz CT molecular complexity index is 409. The second kappa shape index (κ2) is 7.89. The Morgan fingerprint density at radius 3 is 2.74 bits per heavy atom. The largest absolute Gasteiger partial charge is 0.353 e. The quantitative estimate of drug-likeness (QED) is 0.796. The van der Waals surface area contributed by atoms with E-state index in [1.54, 1.807) is 6.07 Å². The fraction of sp³-hybridized carbons (Fsp3) is 0.533. The van der Waals surface area contributed by atoms with Crippen LogP contribution in [0.2, 0.25) is 0 Å². The van der Waals surface area contributed by atoms with Gasteiger partial charge in [-0.05, 0) is 38.0 Å². The number of rotatable bonds is 7. The highest BCUT2D eigenvalue weighted by Crippen LogP contribution is 2.12. The monoisotopic (exact) mass is 266 g/mol. The van der Waals surface area contributed by atoms with Crippen molar-refractivity contribution in [2.75, 3.05) is 6.54 Å². The third kappa shape index (κ3) is 5.83. The standard InChI is InChI=1S/C15H23FN2O/c1-4-6-11(2)18-15(19)10-17-12(3)13-7-5-8-14(16)9-13/h5,7-9,11-12,17H,4,6,10H2,1-3H3,(H,18,19)/t11?,12-/m1/s1. The van der Waals surface area contributed by atoms with Crippen molar-refractivity contribution >= 4 is 5.91 Å². The van der Waals surface area contributed by atoms with Crippen molar-refractivity contribution < 1.29 is 9.18 Å². The van der Waals surface area contributed by atoms with Crippen LogP contribution < -0.4 is 10.6 Å².